The van der Waals surface area contributed by atoms with Crippen molar-refractivity contribution in [2.24, 2.45) is 5.41 Å². The Morgan fingerprint density at radius 2 is 1.83 bits per heavy atom. The van der Waals surface area contributed by atoms with Crippen LogP contribution in [0.15, 0.2) is 12.1 Å². The molecule has 0 saturated heterocycles. The molecule has 0 amide bonds. The highest BCUT2D eigenvalue weighted by Gasteiger charge is 2.47. The molecule has 130 valence electrons. The van der Waals surface area contributed by atoms with Gasteiger partial charge in [0.25, 0.3) is 0 Å². The van der Waals surface area contributed by atoms with Crippen molar-refractivity contribution in [3.05, 3.63) is 34.4 Å². The van der Waals surface area contributed by atoms with Crippen molar-refractivity contribution in [3.63, 3.8) is 0 Å². The van der Waals surface area contributed by atoms with Crippen LogP contribution < -0.4 is 0 Å². The Morgan fingerprint density at radius 3 is 2.54 bits per heavy atom. The summed E-state index contributed by atoms with van der Waals surface area (Å²) in [7, 11) is 2.82. The number of methoxy groups -OCH3 is 2. The maximum Gasteiger partial charge on any atom is 0.312 e. The Balaban J connectivity index is 2.08. The molecule has 1 aromatic carbocycles. The number of esters is 2. The molecule has 0 bridgehead atoms. The second-order valence-corrected chi connectivity index (χ2v) is 7.22. The minimum atomic E-state index is -0.682. The maximum absolute atomic E-state index is 12.5. The second kappa shape index (κ2) is 6.58. The predicted molar refractivity (Wildman–Crippen MR) is 90.9 cm³/mol. The van der Waals surface area contributed by atoms with Gasteiger partial charge in [0, 0.05) is 5.92 Å². The lowest BCUT2D eigenvalue weighted by molar-refractivity contribution is -0.155. The minimum Gasteiger partial charge on any atom is -0.469 e. The molecule has 0 heterocycles. The molecule has 0 N–H and O–H groups in total. The predicted octanol–water partition coefficient (Wildman–Crippen LogP) is 3.34. The van der Waals surface area contributed by atoms with Gasteiger partial charge in [-0.1, -0.05) is 12.1 Å². The van der Waals surface area contributed by atoms with Gasteiger partial charge in [0.2, 0.25) is 0 Å². The number of carbonyl (C=O) groups excluding carboxylic acids is 2. The van der Waals surface area contributed by atoms with Crippen LogP contribution in [0.2, 0.25) is 0 Å². The van der Waals surface area contributed by atoms with Gasteiger partial charge in [-0.25, -0.2) is 0 Å². The zero-order valence-corrected chi connectivity index (χ0v) is 14.8. The summed E-state index contributed by atoms with van der Waals surface area (Å²) < 4.78 is 9.97. The lowest BCUT2D eigenvalue weighted by atomic mass is 9.62. The summed E-state index contributed by atoms with van der Waals surface area (Å²) in [6, 6.07) is 4.33. The van der Waals surface area contributed by atoms with E-state index in [1.54, 1.807) is 0 Å². The molecular weight excluding hydrogens is 304 g/mol. The minimum absolute atomic E-state index is 0.187. The van der Waals surface area contributed by atoms with Crippen LogP contribution in [0.1, 0.15) is 60.8 Å². The zero-order chi connectivity index (χ0) is 17.3. The van der Waals surface area contributed by atoms with E-state index in [2.05, 4.69) is 12.1 Å². The van der Waals surface area contributed by atoms with Crippen LogP contribution in [0.3, 0.4) is 0 Å². The van der Waals surface area contributed by atoms with Gasteiger partial charge in [-0.2, -0.15) is 0 Å². The molecule has 0 unspecified atom stereocenters. The average Bonchev–Trinajstić information content (AvgIpc) is 2.62. The van der Waals surface area contributed by atoms with E-state index in [0.717, 1.165) is 24.8 Å². The molecule has 0 saturated carbocycles. The molecule has 4 nitrogen and oxygen atoms in total. The summed E-state index contributed by atoms with van der Waals surface area (Å²) in [5, 5.41) is 0. The van der Waals surface area contributed by atoms with Gasteiger partial charge in [0.15, 0.2) is 0 Å². The molecule has 24 heavy (non-hydrogen) atoms. The van der Waals surface area contributed by atoms with Crippen molar-refractivity contribution in [3.8, 4) is 0 Å². The van der Waals surface area contributed by atoms with Crippen molar-refractivity contribution in [1.82, 2.24) is 0 Å². The Kier molecular flexibility index (Phi) is 4.66. The van der Waals surface area contributed by atoms with Crippen molar-refractivity contribution >= 4 is 11.9 Å². The molecule has 0 aromatic heterocycles. The SMILES string of the molecule is COC(=O)C[C@@H]1c2ccc3c(c2CC[C@@]1(C)C(=O)OC)CCCC3. The maximum atomic E-state index is 12.5. The summed E-state index contributed by atoms with van der Waals surface area (Å²) in [6.45, 7) is 1.93. The lowest BCUT2D eigenvalue weighted by Gasteiger charge is -2.41. The monoisotopic (exact) mass is 330 g/mol. The molecule has 0 radical (unpaired) electrons. The Morgan fingerprint density at radius 1 is 1.08 bits per heavy atom. The first-order chi connectivity index (χ1) is 11.5. The summed E-state index contributed by atoms with van der Waals surface area (Å²) in [5.41, 5.74) is 4.72. The van der Waals surface area contributed by atoms with Crippen molar-refractivity contribution < 1.29 is 19.1 Å². The highest BCUT2D eigenvalue weighted by molar-refractivity contribution is 5.81. The second-order valence-electron chi connectivity index (χ2n) is 7.22. The molecule has 4 heteroatoms. The van der Waals surface area contributed by atoms with E-state index in [1.165, 1.54) is 43.8 Å². The van der Waals surface area contributed by atoms with Gasteiger partial charge in [0.1, 0.15) is 0 Å². The van der Waals surface area contributed by atoms with Crippen LogP contribution >= 0.6 is 0 Å². The van der Waals surface area contributed by atoms with Crippen molar-refractivity contribution in [2.45, 2.75) is 57.8 Å². The Labute approximate surface area is 143 Å². The standard InChI is InChI=1S/C20H26O4/c1-20(19(22)24-3)11-10-15-14-7-5-4-6-13(14)8-9-16(15)17(20)12-18(21)23-2/h8-9,17H,4-7,10-12H2,1-3H3/t17-,20-/m1/s1. The summed E-state index contributed by atoms with van der Waals surface area (Å²) >= 11 is 0. The van der Waals surface area contributed by atoms with Gasteiger partial charge >= 0.3 is 11.9 Å². The Bertz CT molecular complexity index is 664. The third-order valence-corrected chi connectivity index (χ3v) is 5.98. The van der Waals surface area contributed by atoms with Crippen molar-refractivity contribution in [2.75, 3.05) is 14.2 Å². The number of fused-ring (bicyclic) bond motifs is 3. The van der Waals surface area contributed by atoms with E-state index >= 15 is 0 Å². The fourth-order valence-corrected chi connectivity index (χ4v) is 4.51. The highest BCUT2D eigenvalue weighted by atomic mass is 16.5. The molecule has 0 aliphatic heterocycles. The third-order valence-electron chi connectivity index (χ3n) is 5.98. The zero-order valence-electron chi connectivity index (χ0n) is 14.8. The van der Waals surface area contributed by atoms with Crippen LogP contribution in [-0.4, -0.2) is 26.2 Å². The van der Waals surface area contributed by atoms with Crippen LogP contribution in [0.5, 0.6) is 0 Å². The van der Waals surface area contributed by atoms with Gasteiger partial charge in [-0.05, 0) is 67.7 Å². The molecule has 0 spiro atoms. The number of hydrogen-bond acceptors (Lipinski definition) is 4. The molecule has 2 atom stereocenters. The lowest BCUT2D eigenvalue weighted by Crippen LogP contribution is -2.40. The number of hydrogen-bond donors (Lipinski definition) is 0. The quantitative estimate of drug-likeness (QED) is 0.798. The number of carbonyl (C=O) groups is 2. The van der Waals surface area contributed by atoms with E-state index in [4.69, 9.17) is 9.47 Å². The fourth-order valence-electron chi connectivity index (χ4n) is 4.51. The van der Waals surface area contributed by atoms with Crippen LogP contribution in [0.25, 0.3) is 0 Å². The van der Waals surface area contributed by atoms with Gasteiger partial charge in [-0.3, -0.25) is 9.59 Å². The Hall–Kier alpha value is -1.84. The smallest absolute Gasteiger partial charge is 0.312 e. The topological polar surface area (TPSA) is 52.6 Å². The third kappa shape index (κ3) is 2.72. The van der Waals surface area contributed by atoms with E-state index in [9.17, 15) is 9.59 Å². The molecule has 2 aliphatic carbocycles. The average molecular weight is 330 g/mol. The van der Waals surface area contributed by atoms with E-state index < -0.39 is 5.41 Å². The summed E-state index contributed by atoms with van der Waals surface area (Å²) in [6.07, 6.45) is 6.52. The van der Waals surface area contributed by atoms with Gasteiger partial charge in [-0.15, -0.1) is 0 Å². The number of benzene rings is 1. The first-order valence-electron chi connectivity index (χ1n) is 8.80. The number of aryl methyl sites for hydroxylation is 1. The molecule has 2 aliphatic rings. The van der Waals surface area contributed by atoms with Crippen LogP contribution in [0.4, 0.5) is 0 Å². The molecule has 3 rings (SSSR count). The molecule has 0 fully saturated rings. The number of rotatable bonds is 3. The van der Waals surface area contributed by atoms with Crippen LogP contribution in [-0.2, 0) is 38.3 Å². The van der Waals surface area contributed by atoms with Gasteiger partial charge < -0.3 is 9.47 Å². The molecule has 1 aromatic rings. The van der Waals surface area contributed by atoms with E-state index in [0.29, 0.717) is 6.42 Å². The fraction of sp³-hybridized carbons (Fsp3) is 0.600. The summed E-state index contributed by atoms with van der Waals surface area (Å²) in [4.78, 5) is 24.5. The normalized spacial score (nSPS) is 25.4. The van der Waals surface area contributed by atoms with E-state index in [-0.39, 0.29) is 24.3 Å². The highest BCUT2D eigenvalue weighted by Crippen LogP contribution is 2.49. The molecular formula is C20H26O4. The van der Waals surface area contributed by atoms with E-state index in [1.807, 2.05) is 6.92 Å². The van der Waals surface area contributed by atoms with Crippen molar-refractivity contribution in [1.29, 1.82) is 0 Å². The summed E-state index contributed by atoms with van der Waals surface area (Å²) in [5.74, 6) is -0.700. The number of ether oxygens (including phenoxy) is 2. The van der Waals surface area contributed by atoms with Crippen LogP contribution in [0, 0.1) is 5.41 Å². The first-order valence-corrected chi connectivity index (χ1v) is 8.80. The van der Waals surface area contributed by atoms with Gasteiger partial charge in [0.05, 0.1) is 26.1 Å². The largest absolute Gasteiger partial charge is 0.469 e. The first kappa shape index (κ1) is 17.0.